The number of amides is 2. The monoisotopic (exact) mass is 385 g/mol. The van der Waals surface area contributed by atoms with Gasteiger partial charge in [-0.15, -0.1) is 0 Å². The van der Waals surface area contributed by atoms with Crippen LogP contribution in [0, 0.1) is 0 Å². The second-order valence-corrected chi connectivity index (χ2v) is 5.88. The average molecular weight is 385 g/mol. The van der Waals surface area contributed by atoms with E-state index in [9.17, 15) is 14.4 Å². The number of imide groups is 1. The third-order valence-electron chi connectivity index (χ3n) is 4.03. The lowest BCUT2D eigenvalue weighted by Crippen LogP contribution is -2.35. The third-order valence-corrected chi connectivity index (χ3v) is 4.03. The fourth-order valence-electron chi connectivity index (χ4n) is 2.56. The van der Waals surface area contributed by atoms with Gasteiger partial charge >= 0.3 is 12.1 Å². The zero-order valence-electron chi connectivity index (χ0n) is 15.3. The molecule has 0 unspecified atom stereocenters. The summed E-state index contributed by atoms with van der Waals surface area (Å²) in [5.74, 6) is -0.516. The van der Waals surface area contributed by atoms with Gasteiger partial charge in [0.2, 0.25) is 0 Å². The van der Waals surface area contributed by atoms with E-state index in [2.05, 4.69) is 4.74 Å². The van der Waals surface area contributed by atoms with Gasteiger partial charge in [-0.3, -0.25) is 4.79 Å². The molecular formula is C20H19NO7. The molecule has 0 aliphatic carbocycles. The summed E-state index contributed by atoms with van der Waals surface area (Å²) in [6.07, 6.45) is -0.734. The number of hydrogen-bond acceptors (Lipinski definition) is 7. The second kappa shape index (κ2) is 8.90. The number of esters is 1. The van der Waals surface area contributed by atoms with Crippen molar-refractivity contribution in [2.45, 2.75) is 6.61 Å². The van der Waals surface area contributed by atoms with Crippen LogP contribution in [0.15, 0.2) is 48.5 Å². The molecule has 1 fully saturated rings. The zero-order valence-corrected chi connectivity index (χ0v) is 15.3. The fourth-order valence-corrected chi connectivity index (χ4v) is 2.56. The minimum atomic E-state index is -0.734. The van der Waals surface area contributed by atoms with Gasteiger partial charge in [0.1, 0.15) is 13.2 Å². The van der Waals surface area contributed by atoms with Crippen molar-refractivity contribution in [3.8, 4) is 11.5 Å². The van der Waals surface area contributed by atoms with E-state index in [1.54, 1.807) is 6.07 Å². The third kappa shape index (κ3) is 4.59. The molecule has 1 heterocycles. The molecule has 8 heteroatoms. The molecule has 2 aromatic carbocycles. The number of hydrogen-bond donors (Lipinski definition) is 0. The first-order chi connectivity index (χ1) is 13.6. The van der Waals surface area contributed by atoms with E-state index in [0.717, 1.165) is 10.5 Å². The molecule has 1 saturated heterocycles. The molecule has 0 aromatic heterocycles. The van der Waals surface area contributed by atoms with E-state index in [4.69, 9.17) is 14.2 Å². The molecule has 0 radical (unpaired) electrons. The van der Waals surface area contributed by atoms with E-state index in [0.29, 0.717) is 18.1 Å². The number of nitrogens with zero attached hydrogens (tertiary/aromatic N) is 1. The van der Waals surface area contributed by atoms with Gasteiger partial charge in [-0.05, 0) is 23.8 Å². The number of ether oxygens (including phenoxy) is 4. The molecule has 146 valence electrons. The topological polar surface area (TPSA) is 91.4 Å². The maximum Gasteiger partial charge on any atom is 0.416 e. The van der Waals surface area contributed by atoms with E-state index in [-0.39, 0.29) is 18.7 Å². The minimum Gasteiger partial charge on any atom is -0.493 e. The summed E-state index contributed by atoms with van der Waals surface area (Å²) in [7, 11) is 1.46. The number of rotatable bonds is 7. The fraction of sp³-hybridized carbons (Fsp3) is 0.250. The van der Waals surface area contributed by atoms with Crippen molar-refractivity contribution in [3.05, 3.63) is 59.7 Å². The highest BCUT2D eigenvalue weighted by Gasteiger charge is 2.29. The quantitative estimate of drug-likeness (QED) is 0.676. The van der Waals surface area contributed by atoms with Gasteiger partial charge in [-0.25, -0.2) is 14.5 Å². The minimum absolute atomic E-state index is 0.139. The van der Waals surface area contributed by atoms with Gasteiger partial charge in [0, 0.05) is 0 Å². The Labute approximate surface area is 161 Å². The van der Waals surface area contributed by atoms with Crippen molar-refractivity contribution in [2.75, 3.05) is 26.9 Å². The Morgan fingerprint density at radius 3 is 2.57 bits per heavy atom. The summed E-state index contributed by atoms with van der Waals surface area (Å²) in [6.45, 7) is 0.0839. The van der Waals surface area contributed by atoms with Crippen LogP contribution in [0.3, 0.4) is 0 Å². The van der Waals surface area contributed by atoms with Crippen molar-refractivity contribution < 1.29 is 33.3 Å². The van der Waals surface area contributed by atoms with Crippen LogP contribution >= 0.6 is 0 Å². The van der Waals surface area contributed by atoms with Crippen LogP contribution in [0.2, 0.25) is 0 Å². The maximum atomic E-state index is 12.2. The lowest BCUT2D eigenvalue weighted by atomic mass is 10.2. The Hall–Kier alpha value is -3.55. The molecule has 0 bridgehead atoms. The molecule has 0 N–H and O–H groups in total. The molecule has 2 amide bonds. The highest BCUT2D eigenvalue weighted by atomic mass is 16.6. The Morgan fingerprint density at radius 2 is 1.89 bits per heavy atom. The summed E-state index contributed by atoms with van der Waals surface area (Å²) >= 11 is 0. The zero-order chi connectivity index (χ0) is 19.9. The highest BCUT2D eigenvalue weighted by molar-refractivity contribution is 5.96. The molecular weight excluding hydrogens is 366 g/mol. The summed E-state index contributed by atoms with van der Waals surface area (Å²) in [5, 5.41) is 0. The van der Waals surface area contributed by atoms with Gasteiger partial charge in [0.05, 0.1) is 19.2 Å². The first-order valence-electron chi connectivity index (χ1n) is 8.57. The molecule has 0 spiro atoms. The van der Waals surface area contributed by atoms with Gasteiger partial charge in [-0.1, -0.05) is 30.3 Å². The van der Waals surface area contributed by atoms with Crippen LogP contribution in [0.4, 0.5) is 4.79 Å². The van der Waals surface area contributed by atoms with Crippen LogP contribution < -0.4 is 9.47 Å². The average Bonchev–Trinajstić information content (AvgIpc) is 3.16. The van der Waals surface area contributed by atoms with Crippen LogP contribution in [-0.4, -0.2) is 49.7 Å². The standard InChI is InChI=1S/C20H19NO7/c1-25-17-11-15(7-8-16(17)27-12-14-5-3-2-4-6-14)19(23)28-13-18(22)21-9-10-26-20(21)24/h2-8,11H,9-10,12-13H2,1H3. The molecule has 2 aromatic rings. The SMILES string of the molecule is COc1cc(C(=O)OCC(=O)N2CCOC2=O)ccc1OCc1ccccc1. The Balaban J connectivity index is 1.59. The summed E-state index contributed by atoms with van der Waals surface area (Å²) in [4.78, 5) is 36.3. The lowest BCUT2D eigenvalue weighted by molar-refractivity contribution is -0.131. The Kier molecular flexibility index (Phi) is 6.11. The number of carbonyl (C=O) groups is 3. The number of methoxy groups -OCH3 is 1. The molecule has 28 heavy (non-hydrogen) atoms. The Morgan fingerprint density at radius 1 is 1.11 bits per heavy atom. The predicted octanol–water partition coefficient (Wildman–Crippen LogP) is 2.41. The number of benzene rings is 2. The summed E-state index contributed by atoms with van der Waals surface area (Å²) < 4.78 is 20.7. The van der Waals surface area contributed by atoms with E-state index < -0.39 is 24.6 Å². The van der Waals surface area contributed by atoms with E-state index in [1.165, 1.54) is 19.2 Å². The van der Waals surface area contributed by atoms with Crippen LogP contribution in [0.5, 0.6) is 11.5 Å². The summed E-state index contributed by atoms with van der Waals surface area (Å²) in [6, 6.07) is 14.2. The van der Waals surface area contributed by atoms with Crippen molar-refractivity contribution >= 4 is 18.0 Å². The van der Waals surface area contributed by atoms with Crippen LogP contribution in [-0.2, 0) is 20.9 Å². The van der Waals surface area contributed by atoms with Crippen molar-refractivity contribution in [2.24, 2.45) is 0 Å². The van der Waals surface area contributed by atoms with Gasteiger partial charge in [0.25, 0.3) is 5.91 Å². The van der Waals surface area contributed by atoms with Crippen molar-refractivity contribution in [3.63, 3.8) is 0 Å². The number of carbonyl (C=O) groups excluding carboxylic acids is 3. The lowest BCUT2D eigenvalue weighted by Gasteiger charge is -2.13. The maximum absolute atomic E-state index is 12.2. The van der Waals surface area contributed by atoms with Crippen molar-refractivity contribution in [1.82, 2.24) is 4.90 Å². The molecule has 1 aliphatic heterocycles. The predicted molar refractivity (Wildman–Crippen MR) is 97.1 cm³/mol. The Bertz CT molecular complexity index is 866. The normalized spacial score (nSPS) is 13.0. The first kappa shape index (κ1) is 19.2. The van der Waals surface area contributed by atoms with Crippen LogP contribution in [0.25, 0.3) is 0 Å². The molecule has 3 rings (SSSR count). The van der Waals surface area contributed by atoms with Crippen LogP contribution in [0.1, 0.15) is 15.9 Å². The van der Waals surface area contributed by atoms with Gasteiger partial charge in [-0.2, -0.15) is 0 Å². The molecule has 8 nitrogen and oxygen atoms in total. The van der Waals surface area contributed by atoms with Gasteiger partial charge < -0.3 is 18.9 Å². The van der Waals surface area contributed by atoms with Crippen molar-refractivity contribution in [1.29, 1.82) is 0 Å². The first-order valence-corrected chi connectivity index (χ1v) is 8.57. The second-order valence-electron chi connectivity index (χ2n) is 5.88. The smallest absolute Gasteiger partial charge is 0.416 e. The number of cyclic esters (lactones) is 1. The molecule has 0 saturated carbocycles. The van der Waals surface area contributed by atoms with E-state index >= 15 is 0 Å². The van der Waals surface area contributed by atoms with E-state index in [1.807, 2.05) is 30.3 Å². The highest BCUT2D eigenvalue weighted by Crippen LogP contribution is 2.29. The van der Waals surface area contributed by atoms with Gasteiger partial charge in [0.15, 0.2) is 18.1 Å². The molecule has 1 aliphatic rings. The largest absolute Gasteiger partial charge is 0.493 e. The summed E-state index contributed by atoms with van der Waals surface area (Å²) in [5.41, 5.74) is 1.19. The molecule has 0 atom stereocenters.